The monoisotopic (exact) mass is 264 g/mol. The summed E-state index contributed by atoms with van der Waals surface area (Å²) in [5.41, 5.74) is 5.55. The summed E-state index contributed by atoms with van der Waals surface area (Å²) >= 11 is 4.92. The molecule has 1 atom stereocenters. The number of likely N-dealkylation sites (N-methyl/N-ethyl adjacent to an activating group) is 1. The normalized spacial score (nSPS) is 12.9. The van der Waals surface area contributed by atoms with Crippen LogP contribution in [0.25, 0.3) is 0 Å². The van der Waals surface area contributed by atoms with E-state index in [1.54, 1.807) is 7.11 Å². The second kappa shape index (κ2) is 10.9. The van der Waals surface area contributed by atoms with E-state index in [4.69, 9.17) is 32.2 Å². The number of hydrogen-bond donors (Lipinski definition) is 1. The first-order chi connectivity index (χ1) is 8.09. The lowest BCUT2D eigenvalue weighted by atomic mass is 10.3. The third kappa shape index (κ3) is 9.43. The van der Waals surface area contributed by atoms with Crippen molar-refractivity contribution in [1.29, 1.82) is 0 Å². The zero-order chi connectivity index (χ0) is 13.1. The van der Waals surface area contributed by atoms with Gasteiger partial charge in [-0.15, -0.1) is 0 Å². The Morgan fingerprint density at radius 1 is 1.18 bits per heavy atom. The zero-order valence-electron chi connectivity index (χ0n) is 11.0. The summed E-state index contributed by atoms with van der Waals surface area (Å²) in [5, 5.41) is 0. The number of methoxy groups -OCH3 is 1. The Bertz CT molecular complexity index is 205. The molecule has 0 saturated carbocycles. The maximum Gasteiger partial charge on any atom is 0.0899 e. The Morgan fingerprint density at radius 3 is 2.24 bits per heavy atom. The van der Waals surface area contributed by atoms with Crippen LogP contribution in [0.15, 0.2) is 0 Å². The Hall–Kier alpha value is -0.270. The van der Waals surface area contributed by atoms with Gasteiger partial charge in [-0.1, -0.05) is 12.2 Å². The molecule has 5 nitrogen and oxygen atoms in total. The predicted octanol–water partition coefficient (Wildman–Crippen LogP) is 0.272. The molecule has 2 N–H and O–H groups in total. The van der Waals surface area contributed by atoms with Crippen molar-refractivity contribution in [2.24, 2.45) is 5.73 Å². The zero-order valence-corrected chi connectivity index (χ0v) is 11.8. The van der Waals surface area contributed by atoms with Crippen molar-refractivity contribution in [3.63, 3.8) is 0 Å². The topological polar surface area (TPSA) is 57.0 Å². The summed E-state index contributed by atoms with van der Waals surface area (Å²) in [6.45, 7) is 5.85. The van der Waals surface area contributed by atoms with E-state index in [0.717, 1.165) is 6.54 Å². The van der Waals surface area contributed by atoms with E-state index in [1.807, 2.05) is 14.0 Å². The summed E-state index contributed by atoms with van der Waals surface area (Å²) in [6.07, 6.45) is 0. The van der Waals surface area contributed by atoms with Crippen LogP contribution in [0.3, 0.4) is 0 Å². The van der Waals surface area contributed by atoms with Crippen LogP contribution in [0, 0.1) is 0 Å². The van der Waals surface area contributed by atoms with E-state index < -0.39 is 0 Å². The van der Waals surface area contributed by atoms with Crippen LogP contribution >= 0.6 is 12.2 Å². The number of nitrogens with zero attached hydrogens (tertiary/aromatic N) is 1. The third-order valence-corrected chi connectivity index (χ3v) is 2.81. The molecule has 0 radical (unpaired) electrons. The molecule has 102 valence electrons. The van der Waals surface area contributed by atoms with Gasteiger partial charge in [0.05, 0.1) is 44.1 Å². The third-order valence-electron chi connectivity index (χ3n) is 2.47. The summed E-state index contributed by atoms with van der Waals surface area (Å²) < 4.78 is 15.5. The average molecular weight is 264 g/mol. The minimum Gasteiger partial charge on any atom is -0.392 e. The maximum atomic E-state index is 5.55. The molecule has 0 bridgehead atoms. The molecule has 0 aromatic rings. The second-order valence-corrected chi connectivity index (χ2v) is 4.25. The van der Waals surface area contributed by atoms with Crippen LogP contribution in [0.2, 0.25) is 0 Å². The molecule has 0 aromatic heterocycles. The molecule has 0 aliphatic carbocycles. The fraction of sp³-hybridized carbons (Fsp3) is 0.909. The molecule has 6 heteroatoms. The molecule has 0 fully saturated rings. The van der Waals surface area contributed by atoms with Crippen LogP contribution in [0.5, 0.6) is 0 Å². The lowest BCUT2D eigenvalue weighted by molar-refractivity contribution is 0.0203. The van der Waals surface area contributed by atoms with Crippen LogP contribution < -0.4 is 5.73 Å². The van der Waals surface area contributed by atoms with E-state index in [9.17, 15) is 0 Å². The highest BCUT2D eigenvalue weighted by atomic mass is 32.1. The number of ether oxygens (including phenoxy) is 3. The molecule has 0 amide bonds. The largest absolute Gasteiger partial charge is 0.392 e. The van der Waals surface area contributed by atoms with Gasteiger partial charge in [0.1, 0.15) is 0 Å². The minimum absolute atomic E-state index is 0.103. The van der Waals surface area contributed by atoms with Gasteiger partial charge in [0.2, 0.25) is 0 Å². The second-order valence-electron chi connectivity index (χ2n) is 3.78. The lowest BCUT2D eigenvalue weighted by Crippen LogP contribution is -2.40. The minimum atomic E-state index is 0.103. The molecule has 0 heterocycles. The molecule has 0 aromatic carbocycles. The van der Waals surface area contributed by atoms with Gasteiger partial charge in [0.15, 0.2) is 0 Å². The SMILES string of the molecule is COCCOCCOCCN(C)C(C)C(N)=S. The van der Waals surface area contributed by atoms with Gasteiger partial charge >= 0.3 is 0 Å². The van der Waals surface area contributed by atoms with Gasteiger partial charge in [-0.3, -0.25) is 4.90 Å². The van der Waals surface area contributed by atoms with E-state index in [0.29, 0.717) is 38.0 Å². The van der Waals surface area contributed by atoms with E-state index >= 15 is 0 Å². The van der Waals surface area contributed by atoms with Gasteiger partial charge < -0.3 is 19.9 Å². The van der Waals surface area contributed by atoms with Crippen LogP contribution in [0.4, 0.5) is 0 Å². The van der Waals surface area contributed by atoms with Crippen molar-refractivity contribution in [3.05, 3.63) is 0 Å². The van der Waals surface area contributed by atoms with Crippen molar-refractivity contribution in [3.8, 4) is 0 Å². The first-order valence-corrected chi connectivity index (χ1v) is 6.14. The molecular weight excluding hydrogens is 240 g/mol. The highest BCUT2D eigenvalue weighted by molar-refractivity contribution is 7.80. The smallest absolute Gasteiger partial charge is 0.0899 e. The summed E-state index contributed by atoms with van der Waals surface area (Å²) in [5.74, 6) is 0. The molecule has 17 heavy (non-hydrogen) atoms. The van der Waals surface area contributed by atoms with Gasteiger partial charge in [-0.2, -0.15) is 0 Å². The van der Waals surface area contributed by atoms with Gasteiger partial charge in [-0.25, -0.2) is 0 Å². The fourth-order valence-electron chi connectivity index (χ4n) is 1.08. The quantitative estimate of drug-likeness (QED) is 0.427. The Balaban J connectivity index is 3.30. The van der Waals surface area contributed by atoms with Gasteiger partial charge in [0.25, 0.3) is 0 Å². The van der Waals surface area contributed by atoms with Crippen LogP contribution in [-0.2, 0) is 14.2 Å². The van der Waals surface area contributed by atoms with Crippen molar-refractivity contribution in [2.75, 3.05) is 53.7 Å². The number of nitrogens with two attached hydrogens (primary N) is 1. The number of thiocarbonyl (C=S) groups is 1. The summed E-state index contributed by atoms with van der Waals surface area (Å²) in [4.78, 5) is 2.57. The molecule has 0 aliphatic heterocycles. The van der Waals surface area contributed by atoms with E-state index in [1.165, 1.54) is 0 Å². The van der Waals surface area contributed by atoms with Crippen molar-refractivity contribution < 1.29 is 14.2 Å². The van der Waals surface area contributed by atoms with Crippen molar-refractivity contribution in [1.82, 2.24) is 4.90 Å². The Labute approximate surface area is 109 Å². The number of hydrogen-bond acceptors (Lipinski definition) is 5. The molecule has 0 spiro atoms. The highest BCUT2D eigenvalue weighted by Gasteiger charge is 2.10. The van der Waals surface area contributed by atoms with Crippen LogP contribution in [-0.4, -0.2) is 69.7 Å². The van der Waals surface area contributed by atoms with Crippen molar-refractivity contribution in [2.45, 2.75) is 13.0 Å². The molecule has 0 rings (SSSR count). The van der Waals surface area contributed by atoms with Gasteiger partial charge in [-0.05, 0) is 14.0 Å². The van der Waals surface area contributed by atoms with Gasteiger partial charge in [0, 0.05) is 13.7 Å². The predicted molar refractivity (Wildman–Crippen MR) is 72.4 cm³/mol. The van der Waals surface area contributed by atoms with E-state index in [-0.39, 0.29) is 6.04 Å². The maximum absolute atomic E-state index is 5.55. The Morgan fingerprint density at radius 2 is 1.71 bits per heavy atom. The molecule has 0 saturated heterocycles. The molecule has 0 aliphatic rings. The first-order valence-electron chi connectivity index (χ1n) is 5.73. The van der Waals surface area contributed by atoms with E-state index in [2.05, 4.69) is 4.90 Å². The fourth-order valence-corrected chi connectivity index (χ4v) is 1.26. The first kappa shape index (κ1) is 16.7. The Kier molecular flexibility index (Phi) is 10.7. The average Bonchev–Trinajstić information content (AvgIpc) is 2.31. The molecular formula is C11H24N2O3S. The van der Waals surface area contributed by atoms with Crippen LogP contribution in [0.1, 0.15) is 6.92 Å². The lowest BCUT2D eigenvalue weighted by Gasteiger charge is -2.23. The number of rotatable bonds is 11. The molecule has 1 unspecified atom stereocenters. The summed E-state index contributed by atoms with van der Waals surface area (Å²) in [7, 11) is 3.63. The van der Waals surface area contributed by atoms with Crippen molar-refractivity contribution >= 4 is 17.2 Å². The summed E-state index contributed by atoms with van der Waals surface area (Å²) in [6, 6.07) is 0.103. The standard InChI is InChI=1S/C11H24N2O3S/c1-10(11(12)17)13(2)4-5-15-8-9-16-7-6-14-3/h10H,4-9H2,1-3H3,(H2,12,17). The highest BCUT2D eigenvalue weighted by Crippen LogP contribution is 1.95.